The molecule has 7 nitrogen and oxygen atoms in total. The van der Waals surface area contributed by atoms with Crippen LogP contribution in [0, 0.1) is 0 Å². The average molecular weight is 563 g/mol. The highest BCUT2D eigenvalue weighted by Gasteiger charge is 2.36. The first kappa shape index (κ1) is 28.2. The van der Waals surface area contributed by atoms with E-state index in [1.54, 1.807) is 0 Å². The summed E-state index contributed by atoms with van der Waals surface area (Å²) >= 11 is 18.3. The molecule has 1 N–H and O–H groups in total. The highest BCUT2D eigenvalue weighted by molar-refractivity contribution is 7.89. The van der Waals surface area contributed by atoms with Crippen LogP contribution >= 0.6 is 34.8 Å². The standard InChI is InChI=1S/C24H30Cl3N3O4S/c1-29(2)14-18-8-6-17(7-9-18)13-28-23(31)16-34-15-20-5-3-4-10-30(20)35(32,33)24-21(26)11-19(25)12-22(24)27/h6-9,11-12,20H,3-5,10,13-16H2,1-2H3,(H,28,31). The summed E-state index contributed by atoms with van der Waals surface area (Å²) in [5.74, 6) is -0.267. The van der Waals surface area contributed by atoms with Crippen LogP contribution in [0.5, 0.6) is 0 Å². The molecule has 1 unspecified atom stereocenters. The van der Waals surface area contributed by atoms with Gasteiger partial charge in [-0.2, -0.15) is 4.31 Å². The van der Waals surface area contributed by atoms with E-state index >= 15 is 0 Å². The number of piperidine rings is 1. The van der Waals surface area contributed by atoms with Crippen LogP contribution in [0.2, 0.25) is 15.1 Å². The molecule has 0 bridgehead atoms. The first-order valence-electron chi connectivity index (χ1n) is 11.3. The summed E-state index contributed by atoms with van der Waals surface area (Å²) in [5.41, 5.74) is 2.18. The molecule has 1 aliphatic heterocycles. The highest BCUT2D eigenvalue weighted by Crippen LogP contribution is 2.36. The van der Waals surface area contributed by atoms with Crippen molar-refractivity contribution in [3.63, 3.8) is 0 Å². The molecule has 1 heterocycles. The Balaban J connectivity index is 1.54. The van der Waals surface area contributed by atoms with Gasteiger partial charge < -0.3 is 15.0 Å². The maximum atomic E-state index is 13.4. The van der Waals surface area contributed by atoms with Crippen molar-refractivity contribution in [2.24, 2.45) is 0 Å². The fraction of sp³-hybridized carbons (Fsp3) is 0.458. The zero-order chi connectivity index (χ0) is 25.6. The summed E-state index contributed by atoms with van der Waals surface area (Å²) in [6.07, 6.45) is 2.19. The fourth-order valence-electron chi connectivity index (χ4n) is 4.02. The predicted octanol–water partition coefficient (Wildman–Crippen LogP) is 4.58. The normalized spacial score (nSPS) is 17.0. The van der Waals surface area contributed by atoms with Crippen molar-refractivity contribution in [3.8, 4) is 0 Å². The summed E-state index contributed by atoms with van der Waals surface area (Å²) in [7, 11) is 0.0537. The summed E-state index contributed by atoms with van der Waals surface area (Å²) in [6.45, 7) is 1.49. The molecule has 2 aromatic carbocycles. The second-order valence-corrected chi connectivity index (χ2v) is 11.9. The lowest BCUT2D eigenvalue weighted by Crippen LogP contribution is -2.46. The van der Waals surface area contributed by atoms with Crippen molar-refractivity contribution in [3.05, 3.63) is 62.6 Å². The quantitative estimate of drug-likeness (QED) is 0.458. The number of sulfonamides is 1. The third kappa shape index (κ3) is 7.79. The van der Waals surface area contributed by atoms with E-state index in [0.29, 0.717) is 25.9 Å². The number of ether oxygens (including phenoxy) is 1. The molecular weight excluding hydrogens is 533 g/mol. The lowest BCUT2D eigenvalue weighted by molar-refractivity contribution is -0.126. The molecule has 3 rings (SSSR count). The molecular formula is C24H30Cl3N3O4S. The molecule has 0 aliphatic carbocycles. The van der Waals surface area contributed by atoms with Gasteiger partial charge in [0, 0.05) is 30.7 Å². The van der Waals surface area contributed by atoms with Gasteiger partial charge in [-0.15, -0.1) is 0 Å². The van der Waals surface area contributed by atoms with Crippen molar-refractivity contribution in [1.82, 2.24) is 14.5 Å². The Labute approximate surface area is 222 Å². The van der Waals surface area contributed by atoms with Gasteiger partial charge in [0.25, 0.3) is 0 Å². The second-order valence-electron chi connectivity index (χ2n) is 8.81. The molecule has 11 heteroatoms. The van der Waals surface area contributed by atoms with Crippen LogP contribution in [0.1, 0.15) is 30.4 Å². The minimum absolute atomic E-state index is 0.0260. The van der Waals surface area contributed by atoms with Crippen LogP contribution in [0.3, 0.4) is 0 Å². The number of carbonyl (C=O) groups excluding carboxylic acids is 1. The Hall–Kier alpha value is -1.39. The molecule has 35 heavy (non-hydrogen) atoms. The Morgan fingerprint density at radius 1 is 1.09 bits per heavy atom. The van der Waals surface area contributed by atoms with Gasteiger partial charge in [-0.3, -0.25) is 4.79 Å². The van der Waals surface area contributed by atoms with E-state index in [1.165, 1.54) is 22.0 Å². The van der Waals surface area contributed by atoms with E-state index in [2.05, 4.69) is 10.2 Å². The third-order valence-electron chi connectivity index (χ3n) is 5.66. The van der Waals surface area contributed by atoms with Gasteiger partial charge in [0.15, 0.2) is 0 Å². The molecule has 192 valence electrons. The molecule has 1 aliphatic rings. The number of hydrogen-bond acceptors (Lipinski definition) is 5. The van der Waals surface area contributed by atoms with Crippen LogP contribution < -0.4 is 5.32 Å². The van der Waals surface area contributed by atoms with Crippen molar-refractivity contribution in [2.75, 3.05) is 33.9 Å². The van der Waals surface area contributed by atoms with Crippen molar-refractivity contribution in [1.29, 1.82) is 0 Å². The van der Waals surface area contributed by atoms with Crippen LogP contribution in [0.4, 0.5) is 0 Å². The maximum absolute atomic E-state index is 13.4. The Kier molecular flexibility index (Phi) is 10.2. The largest absolute Gasteiger partial charge is 0.370 e. The number of nitrogens with zero attached hydrogens (tertiary/aromatic N) is 2. The summed E-state index contributed by atoms with van der Waals surface area (Å²) in [4.78, 5) is 14.2. The number of rotatable bonds is 10. The van der Waals surface area contributed by atoms with Gasteiger partial charge in [0.2, 0.25) is 15.9 Å². The van der Waals surface area contributed by atoms with E-state index in [0.717, 1.165) is 18.5 Å². The second kappa shape index (κ2) is 12.7. The molecule has 1 amide bonds. The van der Waals surface area contributed by atoms with Crippen LogP contribution in [-0.4, -0.2) is 63.4 Å². The number of hydrogen-bond donors (Lipinski definition) is 1. The summed E-state index contributed by atoms with van der Waals surface area (Å²) in [6, 6.07) is 10.3. The lowest BCUT2D eigenvalue weighted by atomic mass is 10.1. The van der Waals surface area contributed by atoms with Crippen molar-refractivity contribution >= 4 is 50.7 Å². The Bertz CT molecular complexity index is 1100. The topological polar surface area (TPSA) is 79.0 Å². The third-order valence-corrected chi connectivity index (χ3v) is 8.75. The molecule has 1 atom stereocenters. The van der Waals surface area contributed by atoms with Gasteiger partial charge in [-0.25, -0.2) is 8.42 Å². The van der Waals surface area contributed by atoms with E-state index in [-0.39, 0.29) is 39.1 Å². The minimum Gasteiger partial charge on any atom is -0.370 e. The average Bonchev–Trinajstić information content (AvgIpc) is 2.77. The van der Waals surface area contributed by atoms with Gasteiger partial charge >= 0.3 is 0 Å². The highest BCUT2D eigenvalue weighted by atomic mass is 35.5. The number of benzene rings is 2. The van der Waals surface area contributed by atoms with Crippen LogP contribution in [0.15, 0.2) is 41.3 Å². The smallest absolute Gasteiger partial charge is 0.246 e. The van der Waals surface area contributed by atoms with E-state index in [4.69, 9.17) is 39.5 Å². The first-order valence-corrected chi connectivity index (χ1v) is 13.9. The molecule has 0 radical (unpaired) electrons. The van der Waals surface area contributed by atoms with Gasteiger partial charge in [0.05, 0.1) is 16.7 Å². The first-order chi connectivity index (χ1) is 16.6. The molecule has 1 fully saturated rings. The zero-order valence-electron chi connectivity index (χ0n) is 19.8. The minimum atomic E-state index is -3.97. The molecule has 2 aromatic rings. The number of carbonyl (C=O) groups is 1. The van der Waals surface area contributed by atoms with Gasteiger partial charge in [-0.05, 0) is 50.2 Å². The zero-order valence-corrected chi connectivity index (χ0v) is 22.9. The fourth-order valence-corrected chi connectivity index (χ4v) is 7.19. The van der Waals surface area contributed by atoms with Crippen LogP contribution in [-0.2, 0) is 32.6 Å². The summed E-state index contributed by atoms with van der Waals surface area (Å²) in [5, 5.41) is 3.04. The summed E-state index contributed by atoms with van der Waals surface area (Å²) < 4.78 is 33.7. The van der Waals surface area contributed by atoms with E-state index in [1.807, 2.05) is 38.4 Å². The van der Waals surface area contributed by atoms with Crippen molar-refractivity contribution < 1.29 is 17.9 Å². The molecule has 0 spiro atoms. The molecule has 0 aromatic heterocycles. The van der Waals surface area contributed by atoms with E-state index in [9.17, 15) is 13.2 Å². The monoisotopic (exact) mass is 561 g/mol. The number of nitrogens with one attached hydrogen (secondary N) is 1. The molecule has 1 saturated heterocycles. The van der Waals surface area contributed by atoms with Crippen molar-refractivity contribution in [2.45, 2.75) is 43.3 Å². The van der Waals surface area contributed by atoms with E-state index < -0.39 is 16.1 Å². The Morgan fingerprint density at radius 2 is 1.71 bits per heavy atom. The Morgan fingerprint density at radius 3 is 2.34 bits per heavy atom. The molecule has 0 saturated carbocycles. The number of amides is 1. The lowest BCUT2D eigenvalue weighted by Gasteiger charge is -2.34. The predicted molar refractivity (Wildman–Crippen MR) is 140 cm³/mol. The van der Waals surface area contributed by atoms with Gasteiger partial charge in [-0.1, -0.05) is 65.5 Å². The van der Waals surface area contributed by atoms with Crippen LogP contribution in [0.25, 0.3) is 0 Å². The maximum Gasteiger partial charge on any atom is 0.246 e. The SMILES string of the molecule is CN(C)Cc1ccc(CNC(=O)COCC2CCCCN2S(=O)(=O)c2c(Cl)cc(Cl)cc2Cl)cc1. The van der Waals surface area contributed by atoms with Gasteiger partial charge in [0.1, 0.15) is 11.5 Å². The number of halogens is 3.